The lowest BCUT2D eigenvalue weighted by atomic mass is 10.3. The molecular weight excluding hydrogens is 192 g/mol. The molecule has 15 heavy (non-hydrogen) atoms. The van der Waals surface area contributed by atoms with E-state index in [0.717, 1.165) is 11.0 Å². The molecule has 0 amide bonds. The highest BCUT2D eigenvalue weighted by Crippen LogP contribution is 2.20. The van der Waals surface area contributed by atoms with Crippen molar-refractivity contribution in [2.75, 3.05) is 19.8 Å². The zero-order valence-electron chi connectivity index (χ0n) is 8.30. The zero-order chi connectivity index (χ0) is 10.1. The van der Waals surface area contributed by atoms with Gasteiger partial charge in [0.25, 0.3) is 0 Å². The van der Waals surface area contributed by atoms with Crippen LogP contribution in [-0.4, -0.2) is 29.4 Å². The number of fused-ring (bicyclic) bond motifs is 1. The lowest BCUT2D eigenvalue weighted by Crippen LogP contribution is -2.26. The van der Waals surface area contributed by atoms with E-state index in [-0.39, 0.29) is 6.23 Å². The fourth-order valence-corrected chi connectivity index (χ4v) is 1.84. The summed E-state index contributed by atoms with van der Waals surface area (Å²) < 4.78 is 13.0. The average molecular weight is 204 g/mol. The first-order valence-corrected chi connectivity index (χ1v) is 5.06. The van der Waals surface area contributed by atoms with E-state index in [0.29, 0.717) is 19.8 Å². The highest BCUT2D eigenvalue weighted by molar-refractivity contribution is 5.75. The van der Waals surface area contributed by atoms with Crippen LogP contribution in [0.25, 0.3) is 11.0 Å². The summed E-state index contributed by atoms with van der Waals surface area (Å²) in [7, 11) is 0. The van der Waals surface area contributed by atoms with Crippen LogP contribution in [0.3, 0.4) is 0 Å². The number of benzene rings is 1. The van der Waals surface area contributed by atoms with E-state index >= 15 is 0 Å². The minimum absolute atomic E-state index is 0.0360. The van der Waals surface area contributed by atoms with Crippen LogP contribution >= 0.6 is 0 Å². The lowest BCUT2D eigenvalue weighted by molar-refractivity contribution is -0.120. The predicted molar refractivity (Wildman–Crippen MR) is 55.5 cm³/mol. The molecule has 2 aromatic rings. The Morgan fingerprint density at radius 3 is 3.07 bits per heavy atom. The molecule has 4 nitrogen and oxygen atoms in total. The van der Waals surface area contributed by atoms with Gasteiger partial charge in [-0.3, -0.25) is 0 Å². The number of para-hydroxylation sites is 2. The summed E-state index contributed by atoms with van der Waals surface area (Å²) in [5.41, 5.74) is 2.08. The largest absolute Gasteiger partial charge is 0.374 e. The van der Waals surface area contributed by atoms with Crippen molar-refractivity contribution in [3.8, 4) is 0 Å². The van der Waals surface area contributed by atoms with Gasteiger partial charge in [0.1, 0.15) is 0 Å². The van der Waals surface area contributed by atoms with Crippen LogP contribution in [0.2, 0.25) is 0 Å². The van der Waals surface area contributed by atoms with Crippen molar-refractivity contribution in [3.05, 3.63) is 30.6 Å². The summed E-state index contributed by atoms with van der Waals surface area (Å²) in [6.45, 7) is 1.93. The molecule has 1 aromatic carbocycles. The fourth-order valence-electron chi connectivity index (χ4n) is 1.84. The number of rotatable bonds is 1. The number of nitrogens with zero attached hydrogens (tertiary/aromatic N) is 2. The van der Waals surface area contributed by atoms with Crippen molar-refractivity contribution in [1.82, 2.24) is 9.55 Å². The average Bonchev–Trinajstić information content (AvgIpc) is 2.74. The van der Waals surface area contributed by atoms with Crippen LogP contribution in [0.15, 0.2) is 30.6 Å². The molecule has 0 aliphatic carbocycles. The molecule has 1 aromatic heterocycles. The molecule has 1 aliphatic heterocycles. The summed E-state index contributed by atoms with van der Waals surface area (Å²) in [6.07, 6.45) is 1.77. The Balaban J connectivity index is 2.02. The number of hydrogen-bond donors (Lipinski definition) is 0. The Hall–Kier alpha value is -1.39. The summed E-state index contributed by atoms with van der Waals surface area (Å²) >= 11 is 0. The maximum absolute atomic E-state index is 5.63. The minimum Gasteiger partial charge on any atom is -0.374 e. The van der Waals surface area contributed by atoms with Crippen molar-refractivity contribution in [3.63, 3.8) is 0 Å². The molecule has 0 bridgehead atoms. The third-order valence-corrected chi connectivity index (χ3v) is 2.59. The van der Waals surface area contributed by atoms with Gasteiger partial charge in [-0.25, -0.2) is 4.98 Å². The fraction of sp³-hybridized carbons (Fsp3) is 0.364. The van der Waals surface area contributed by atoms with E-state index < -0.39 is 0 Å². The van der Waals surface area contributed by atoms with E-state index in [9.17, 15) is 0 Å². The first-order valence-electron chi connectivity index (χ1n) is 5.06. The Kier molecular flexibility index (Phi) is 2.16. The quantitative estimate of drug-likeness (QED) is 0.707. The van der Waals surface area contributed by atoms with E-state index in [1.165, 1.54) is 0 Å². The lowest BCUT2D eigenvalue weighted by Gasteiger charge is -2.24. The zero-order valence-corrected chi connectivity index (χ0v) is 8.30. The second-order valence-corrected chi connectivity index (χ2v) is 3.54. The number of aromatic nitrogens is 2. The molecule has 78 valence electrons. The molecule has 2 heterocycles. The molecule has 0 spiro atoms. The molecular formula is C11H12N2O2. The Labute approximate surface area is 87.4 Å². The molecule has 1 unspecified atom stereocenters. The van der Waals surface area contributed by atoms with Crippen molar-refractivity contribution >= 4 is 11.0 Å². The first-order chi connectivity index (χ1) is 7.45. The molecule has 0 saturated carbocycles. The van der Waals surface area contributed by atoms with Gasteiger partial charge in [0.15, 0.2) is 6.23 Å². The third kappa shape index (κ3) is 1.52. The van der Waals surface area contributed by atoms with Crippen molar-refractivity contribution in [2.45, 2.75) is 6.23 Å². The van der Waals surface area contributed by atoms with Crippen LogP contribution < -0.4 is 0 Å². The molecule has 3 rings (SSSR count). The van der Waals surface area contributed by atoms with Gasteiger partial charge in [-0.2, -0.15) is 0 Å². The summed E-state index contributed by atoms with van der Waals surface area (Å²) in [5.74, 6) is 0. The van der Waals surface area contributed by atoms with Gasteiger partial charge in [-0.05, 0) is 12.1 Å². The first kappa shape index (κ1) is 8.88. The van der Waals surface area contributed by atoms with Gasteiger partial charge < -0.3 is 14.0 Å². The Morgan fingerprint density at radius 2 is 2.20 bits per heavy atom. The molecule has 0 N–H and O–H groups in total. The van der Waals surface area contributed by atoms with Gasteiger partial charge in [-0.15, -0.1) is 0 Å². The van der Waals surface area contributed by atoms with E-state index in [1.807, 2.05) is 35.2 Å². The van der Waals surface area contributed by atoms with Crippen LogP contribution in [-0.2, 0) is 9.47 Å². The smallest absolute Gasteiger partial charge is 0.158 e. The van der Waals surface area contributed by atoms with E-state index in [1.54, 1.807) is 0 Å². The van der Waals surface area contributed by atoms with Crippen molar-refractivity contribution < 1.29 is 9.47 Å². The topological polar surface area (TPSA) is 36.3 Å². The summed E-state index contributed by atoms with van der Waals surface area (Å²) in [4.78, 5) is 4.32. The standard InChI is InChI=1S/C11H12N2O2/c1-2-4-10-9(3-1)12-8-13(10)11-7-14-5-6-15-11/h1-4,8,11H,5-7H2. The molecule has 1 fully saturated rings. The van der Waals surface area contributed by atoms with Crippen LogP contribution in [0.5, 0.6) is 0 Å². The third-order valence-electron chi connectivity index (χ3n) is 2.59. The SMILES string of the molecule is c1ccc2c(c1)ncn2C1COCCO1. The van der Waals surface area contributed by atoms with Gasteiger partial charge in [0.05, 0.1) is 37.2 Å². The van der Waals surface area contributed by atoms with Crippen molar-refractivity contribution in [1.29, 1.82) is 0 Å². The molecule has 1 atom stereocenters. The van der Waals surface area contributed by atoms with Gasteiger partial charge in [0.2, 0.25) is 0 Å². The van der Waals surface area contributed by atoms with Crippen LogP contribution in [0.4, 0.5) is 0 Å². The number of ether oxygens (including phenoxy) is 2. The van der Waals surface area contributed by atoms with E-state index in [2.05, 4.69) is 4.98 Å². The molecule has 0 radical (unpaired) electrons. The molecule has 4 heteroatoms. The predicted octanol–water partition coefficient (Wildman–Crippen LogP) is 1.58. The normalized spacial score (nSPS) is 22.0. The number of imidazole rings is 1. The Morgan fingerprint density at radius 1 is 1.27 bits per heavy atom. The van der Waals surface area contributed by atoms with Gasteiger partial charge in [-0.1, -0.05) is 12.1 Å². The molecule has 1 saturated heterocycles. The Bertz CT molecular complexity index is 460. The highest BCUT2D eigenvalue weighted by Gasteiger charge is 2.17. The highest BCUT2D eigenvalue weighted by atomic mass is 16.6. The summed E-state index contributed by atoms with van der Waals surface area (Å²) in [5, 5.41) is 0. The van der Waals surface area contributed by atoms with Gasteiger partial charge >= 0.3 is 0 Å². The van der Waals surface area contributed by atoms with Gasteiger partial charge in [0, 0.05) is 0 Å². The van der Waals surface area contributed by atoms with Crippen LogP contribution in [0.1, 0.15) is 6.23 Å². The molecule has 1 aliphatic rings. The van der Waals surface area contributed by atoms with Crippen LogP contribution in [0, 0.1) is 0 Å². The summed E-state index contributed by atoms with van der Waals surface area (Å²) in [6, 6.07) is 8.03. The maximum Gasteiger partial charge on any atom is 0.158 e. The second kappa shape index (κ2) is 3.64. The maximum atomic E-state index is 5.63. The monoisotopic (exact) mass is 204 g/mol. The van der Waals surface area contributed by atoms with E-state index in [4.69, 9.17) is 9.47 Å². The second-order valence-electron chi connectivity index (χ2n) is 3.54. The minimum atomic E-state index is -0.0360. The number of hydrogen-bond acceptors (Lipinski definition) is 3. The van der Waals surface area contributed by atoms with Crippen molar-refractivity contribution in [2.24, 2.45) is 0 Å².